The molecule has 0 radical (unpaired) electrons. The highest BCUT2D eigenvalue weighted by molar-refractivity contribution is 7.89. The van der Waals surface area contributed by atoms with E-state index in [-0.39, 0.29) is 18.2 Å². The number of aryl methyl sites for hydroxylation is 3. The first-order chi connectivity index (χ1) is 12.7. The maximum atomic E-state index is 12.9. The van der Waals surface area contributed by atoms with Crippen molar-refractivity contribution in [2.24, 2.45) is 0 Å². The van der Waals surface area contributed by atoms with Crippen LogP contribution in [0.5, 0.6) is 11.5 Å². The third-order valence-electron chi connectivity index (χ3n) is 4.30. The number of carbonyl (C=O) groups excluding carboxylic acids is 1. The summed E-state index contributed by atoms with van der Waals surface area (Å²) in [7, 11) is -2.39. The number of hydrogen-bond donors (Lipinski definition) is 1. The Balaban J connectivity index is 1.74. The molecule has 0 saturated carbocycles. The van der Waals surface area contributed by atoms with Crippen molar-refractivity contribution in [3.05, 3.63) is 47.0 Å². The lowest BCUT2D eigenvalue weighted by Gasteiger charge is -2.20. The Labute approximate surface area is 158 Å². The van der Waals surface area contributed by atoms with E-state index in [4.69, 9.17) is 9.47 Å². The minimum absolute atomic E-state index is 0.142. The molecule has 8 heteroatoms. The standard InChI is InChI=1S/C19H22N2O5S/c1-12-7-13(2)19(14(3)8-12)27(23,24)21(4)10-18(22)20-15-5-6-16-17(9-15)26-11-25-16/h5-9H,10-11H2,1-4H3,(H,20,22). The largest absolute Gasteiger partial charge is 0.454 e. The highest BCUT2D eigenvalue weighted by Crippen LogP contribution is 2.34. The fraction of sp³-hybridized carbons (Fsp3) is 0.316. The van der Waals surface area contributed by atoms with Gasteiger partial charge >= 0.3 is 0 Å². The Morgan fingerprint density at radius 3 is 2.37 bits per heavy atom. The number of amides is 1. The van der Waals surface area contributed by atoms with Crippen molar-refractivity contribution in [2.75, 3.05) is 25.7 Å². The monoisotopic (exact) mass is 390 g/mol. The van der Waals surface area contributed by atoms with Crippen molar-refractivity contribution in [3.63, 3.8) is 0 Å². The van der Waals surface area contributed by atoms with E-state index in [1.54, 1.807) is 32.0 Å². The van der Waals surface area contributed by atoms with E-state index in [2.05, 4.69) is 5.32 Å². The number of nitrogens with one attached hydrogen (secondary N) is 1. The molecule has 0 fully saturated rings. The van der Waals surface area contributed by atoms with Crippen molar-refractivity contribution in [3.8, 4) is 11.5 Å². The Morgan fingerprint density at radius 2 is 1.70 bits per heavy atom. The average Bonchev–Trinajstić information content (AvgIpc) is 3.00. The highest BCUT2D eigenvalue weighted by Gasteiger charge is 2.26. The molecule has 1 aliphatic heterocycles. The van der Waals surface area contributed by atoms with Crippen LogP contribution in [0.25, 0.3) is 0 Å². The van der Waals surface area contributed by atoms with Crippen LogP contribution in [0.4, 0.5) is 5.69 Å². The summed E-state index contributed by atoms with van der Waals surface area (Å²) >= 11 is 0. The summed E-state index contributed by atoms with van der Waals surface area (Å²) in [5.74, 6) is 0.708. The Hall–Kier alpha value is -2.58. The maximum absolute atomic E-state index is 12.9. The fourth-order valence-corrected chi connectivity index (χ4v) is 4.72. The van der Waals surface area contributed by atoms with Crippen LogP contribution < -0.4 is 14.8 Å². The average molecular weight is 390 g/mol. The minimum atomic E-state index is -3.79. The molecule has 3 rings (SSSR count). The first-order valence-corrected chi connectivity index (χ1v) is 9.86. The Kier molecular flexibility index (Phi) is 5.12. The molecule has 7 nitrogen and oxygen atoms in total. The van der Waals surface area contributed by atoms with Crippen LogP contribution in [-0.2, 0) is 14.8 Å². The molecular formula is C19H22N2O5S. The quantitative estimate of drug-likeness (QED) is 0.848. The number of likely N-dealkylation sites (N-methyl/N-ethyl adjacent to an activating group) is 1. The Morgan fingerprint density at radius 1 is 1.07 bits per heavy atom. The van der Waals surface area contributed by atoms with Gasteiger partial charge in [0.05, 0.1) is 11.4 Å². The lowest BCUT2D eigenvalue weighted by Crippen LogP contribution is -2.35. The van der Waals surface area contributed by atoms with Gasteiger partial charge in [0.25, 0.3) is 0 Å². The molecule has 0 spiro atoms. The first-order valence-electron chi connectivity index (χ1n) is 8.42. The van der Waals surface area contributed by atoms with Gasteiger partial charge in [0.1, 0.15) is 0 Å². The summed E-state index contributed by atoms with van der Waals surface area (Å²) in [4.78, 5) is 12.6. The van der Waals surface area contributed by atoms with Gasteiger partial charge in [-0.3, -0.25) is 4.79 Å². The van der Waals surface area contributed by atoms with E-state index in [0.717, 1.165) is 9.87 Å². The van der Waals surface area contributed by atoms with Gasteiger partial charge in [0.2, 0.25) is 22.7 Å². The molecule has 0 atom stereocenters. The van der Waals surface area contributed by atoms with Crippen LogP contribution in [0.2, 0.25) is 0 Å². The molecule has 2 aromatic rings. The molecule has 0 saturated heterocycles. The van der Waals surface area contributed by atoms with Gasteiger partial charge in [-0.2, -0.15) is 4.31 Å². The third kappa shape index (κ3) is 3.91. The van der Waals surface area contributed by atoms with Gasteiger partial charge in [0.15, 0.2) is 11.5 Å². The number of carbonyl (C=O) groups is 1. The summed E-state index contributed by atoms with van der Waals surface area (Å²) in [6.07, 6.45) is 0. The normalized spacial score (nSPS) is 13.1. The molecule has 0 aromatic heterocycles. The van der Waals surface area contributed by atoms with Crippen LogP contribution in [-0.4, -0.2) is 39.0 Å². The van der Waals surface area contributed by atoms with E-state index < -0.39 is 15.9 Å². The second-order valence-electron chi connectivity index (χ2n) is 6.61. The number of fused-ring (bicyclic) bond motifs is 1. The van der Waals surface area contributed by atoms with Crippen molar-refractivity contribution in [1.29, 1.82) is 0 Å². The van der Waals surface area contributed by atoms with Crippen LogP contribution in [0, 0.1) is 20.8 Å². The van der Waals surface area contributed by atoms with Crippen molar-refractivity contribution >= 4 is 21.6 Å². The van der Waals surface area contributed by atoms with E-state index in [0.29, 0.717) is 28.3 Å². The highest BCUT2D eigenvalue weighted by atomic mass is 32.2. The second-order valence-corrected chi connectivity index (χ2v) is 8.59. The number of anilines is 1. The molecule has 2 aromatic carbocycles. The molecule has 1 N–H and O–H groups in total. The van der Waals surface area contributed by atoms with Crippen molar-refractivity contribution < 1.29 is 22.7 Å². The molecule has 0 aliphatic carbocycles. The maximum Gasteiger partial charge on any atom is 0.243 e. The predicted octanol–water partition coefficient (Wildman–Crippen LogP) is 2.60. The molecule has 1 aliphatic rings. The number of nitrogens with zero attached hydrogens (tertiary/aromatic N) is 1. The van der Waals surface area contributed by atoms with E-state index in [9.17, 15) is 13.2 Å². The zero-order valence-electron chi connectivity index (χ0n) is 15.7. The van der Waals surface area contributed by atoms with Crippen molar-refractivity contribution in [1.82, 2.24) is 4.31 Å². The predicted molar refractivity (Wildman–Crippen MR) is 102 cm³/mol. The molecule has 144 valence electrons. The minimum Gasteiger partial charge on any atom is -0.454 e. The van der Waals surface area contributed by atoms with Crippen molar-refractivity contribution in [2.45, 2.75) is 25.7 Å². The van der Waals surface area contributed by atoms with Gasteiger partial charge in [-0.05, 0) is 44.0 Å². The fourth-order valence-electron chi connectivity index (χ4n) is 3.19. The number of rotatable bonds is 5. The summed E-state index contributed by atoms with van der Waals surface area (Å²) in [6, 6.07) is 8.65. The summed E-state index contributed by atoms with van der Waals surface area (Å²) in [5, 5.41) is 2.68. The molecule has 27 heavy (non-hydrogen) atoms. The lowest BCUT2D eigenvalue weighted by molar-refractivity contribution is -0.116. The molecule has 1 amide bonds. The zero-order valence-corrected chi connectivity index (χ0v) is 16.5. The molecule has 1 heterocycles. The zero-order chi connectivity index (χ0) is 19.8. The van der Waals surface area contributed by atoms with E-state index in [1.165, 1.54) is 7.05 Å². The molecule has 0 unspecified atom stereocenters. The number of hydrogen-bond acceptors (Lipinski definition) is 5. The SMILES string of the molecule is Cc1cc(C)c(S(=O)(=O)N(C)CC(=O)Nc2ccc3c(c2)OCO3)c(C)c1. The number of ether oxygens (including phenoxy) is 2. The third-order valence-corrected chi connectivity index (χ3v) is 6.41. The van der Waals surface area contributed by atoms with Crippen LogP contribution in [0.1, 0.15) is 16.7 Å². The number of sulfonamides is 1. The number of benzene rings is 2. The summed E-state index contributed by atoms with van der Waals surface area (Å²) < 4.78 is 37.4. The van der Waals surface area contributed by atoms with E-state index in [1.807, 2.05) is 19.1 Å². The van der Waals surface area contributed by atoms with Crippen LogP contribution in [0.15, 0.2) is 35.2 Å². The van der Waals surface area contributed by atoms with E-state index >= 15 is 0 Å². The van der Waals surface area contributed by atoms with Crippen LogP contribution >= 0.6 is 0 Å². The molecule has 0 bridgehead atoms. The lowest BCUT2D eigenvalue weighted by atomic mass is 10.1. The molecular weight excluding hydrogens is 368 g/mol. The summed E-state index contributed by atoms with van der Waals surface area (Å²) in [5.41, 5.74) is 2.83. The Bertz CT molecular complexity index is 978. The van der Waals surface area contributed by atoms with Crippen LogP contribution in [0.3, 0.4) is 0 Å². The van der Waals surface area contributed by atoms with Gasteiger partial charge in [-0.25, -0.2) is 8.42 Å². The van der Waals surface area contributed by atoms with Gasteiger partial charge < -0.3 is 14.8 Å². The van der Waals surface area contributed by atoms with Gasteiger partial charge in [0, 0.05) is 18.8 Å². The van der Waals surface area contributed by atoms with Gasteiger partial charge in [-0.15, -0.1) is 0 Å². The first kappa shape index (κ1) is 19.2. The topological polar surface area (TPSA) is 84.9 Å². The smallest absolute Gasteiger partial charge is 0.243 e. The second kappa shape index (κ2) is 7.21. The summed E-state index contributed by atoms with van der Waals surface area (Å²) in [6.45, 7) is 5.27. The van der Waals surface area contributed by atoms with Gasteiger partial charge in [-0.1, -0.05) is 17.7 Å².